The lowest BCUT2D eigenvalue weighted by Gasteiger charge is -2.07. The molecule has 7 nitrogen and oxygen atoms in total. The highest BCUT2D eigenvalue weighted by atomic mass is 32.2. The van der Waals surface area contributed by atoms with E-state index < -0.39 is 9.84 Å². The van der Waals surface area contributed by atoms with Crippen LogP contribution in [0.5, 0.6) is 0 Å². The fraction of sp³-hybridized carbons (Fsp3) is 0.818. The van der Waals surface area contributed by atoms with Gasteiger partial charge in [0.15, 0.2) is 9.84 Å². The van der Waals surface area contributed by atoms with Crippen molar-refractivity contribution >= 4 is 9.84 Å². The molecule has 0 amide bonds. The predicted molar refractivity (Wildman–Crippen MR) is 68.2 cm³/mol. The molecule has 2 atom stereocenters. The minimum absolute atomic E-state index is 0.0234. The largest absolute Gasteiger partial charge is 0.373 e. The van der Waals surface area contributed by atoms with E-state index in [2.05, 4.69) is 15.5 Å². The van der Waals surface area contributed by atoms with Crippen LogP contribution in [-0.2, 0) is 21.1 Å². The summed E-state index contributed by atoms with van der Waals surface area (Å²) in [5.74, 6) is 1.42. The van der Waals surface area contributed by atoms with Gasteiger partial charge in [-0.3, -0.25) is 0 Å². The van der Waals surface area contributed by atoms with E-state index in [-0.39, 0.29) is 23.7 Å². The molecule has 0 saturated carbocycles. The lowest BCUT2D eigenvalue weighted by atomic mass is 10.2. The van der Waals surface area contributed by atoms with E-state index in [0.29, 0.717) is 24.7 Å². The summed E-state index contributed by atoms with van der Waals surface area (Å²) in [5, 5.41) is 6.99. The summed E-state index contributed by atoms with van der Waals surface area (Å²) in [4.78, 5) is 4.23. The van der Waals surface area contributed by atoms with Gasteiger partial charge in [0.05, 0.1) is 18.1 Å². The average Bonchev–Trinajstić information content (AvgIpc) is 2.95. The van der Waals surface area contributed by atoms with Crippen LogP contribution in [0.4, 0.5) is 0 Å². The Morgan fingerprint density at radius 2 is 2.37 bits per heavy atom. The predicted octanol–water partition coefficient (Wildman–Crippen LogP) is 0.444. The van der Waals surface area contributed by atoms with Crippen molar-refractivity contribution in [2.24, 2.45) is 0 Å². The Balaban J connectivity index is 1.87. The minimum atomic E-state index is -2.87. The molecule has 1 aliphatic heterocycles. The zero-order valence-electron chi connectivity index (χ0n) is 11.1. The van der Waals surface area contributed by atoms with E-state index in [1.165, 1.54) is 0 Å². The van der Waals surface area contributed by atoms with E-state index in [9.17, 15) is 8.42 Å². The van der Waals surface area contributed by atoms with Crippen LogP contribution in [0.15, 0.2) is 4.52 Å². The maximum atomic E-state index is 11.3. The van der Waals surface area contributed by atoms with Crippen molar-refractivity contribution in [3.8, 4) is 0 Å². The van der Waals surface area contributed by atoms with Gasteiger partial charge < -0.3 is 14.6 Å². The summed E-state index contributed by atoms with van der Waals surface area (Å²) in [6.07, 6.45) is 1.24. The number of ether oxygens (including phenoxy) is 1. The normalized spacial score (nSPS) is 23.6. The van der Waals surface area contributed by atoms with E-state index in [0.717, 1.165) is 6.42 Å². The van der Waals surface area contributed by atoms with Gasteiger partial charge in [-0.1, -0.05) is 12.1 Å². The van der Waals surface area contributed by atoms with Crippen molar-refractivity contribution in [2.75, 3.05) is 18.6 Å². The third-order valence-electron chi connectivity index (χ3n) is 3.20. The lowest BCUT2D eigenvalue weighted by Crippen LogP contribution is -2.29. The van der Waals surface area contributed by atoms with Crippen LogP contribution in [0.25, 0.3) is 0 Å². The summed E-state index contributed by atoms with van der Waals surface area (Å²) in [6.45, 7) is 2.36. The first-order valence-electron chi connectivity index (χ1n) is 6.33. The average molecular weight is 289 g/mol. The number of hydrogen-bond donors (Lipinski definition) is 1. The second-order valence-corrected chi connectivity index (χ2v) is 6.89. The van der Waals surface area contributed by atoms with Crippen molar-refractivity contribution in [3.63, 3.8) is 0 Å². The third-order valence-corrected chi connectivity index (χ3v) is 4.97. The molecule has 19 heavy (non-hydrogen) atoms. The standard InChI is InChI=1S/C11H19N3O4S/c1-3-9(17-2)11-13-10(18-14-11)6-12-8-4-5-19(15,16)7-8/h8-9,12H,3-7H2,1-2H3. The van der Waals surface area contributed by atoms with Gasteiger partial charge in [0.1, 0.15) is 6.10 Å². The smallest absolute Gasteiger partial charge is 0.240 e. The number of methoxy groups -OCH3 is 1. The number of rotatable bonds is 6. The molecule has 0 aliphatic carbocycles. The summed E-state index contributed by atoms with van der Waals surface area (Å²) in [7, 11) is -1.26. The molecule has 0 bridgehead atoms. The molecular formula is C11H19N3O4S. The summed E-state index contributed by atoms with van der Waals surface area (Å²) in [6, 6.07) is -0.0234. The van der Waals surface area contributed by atoms with Crippen LogP contribution < -0.4 is 5.32 Å². The Morgan fingerprint density at radius 3 is 2.95 bits per heavy atom. The molecule has 1 saturated heterocycles. The topological polar surface area (TPSA) is 94.3 Å². The van der Waals surface area contributed by atoms with E-state index in [1.807, 2.05) is 6.92 Å². The highest BCUT2D eigenvalue weighted by Crippen LogP contribution is 2.17. The maximum Gasteiger partial charge on any atom is 0.240 e. The highest BCUT2D eigenvalue weighted by molar-refractivity contribution is 7.91. The Morgan fingerprint density at radius 1 is 1.58 bits per heavy atom. The van der Waals surface area contributed by atoms with Gasteiger partial charge in [0, 0.05) is 13.2 Å². The zero-order chi connectivity index (χ0) is 13.9. The Labute approximate surface area is 112 Å². The first-order chi connectivity index (χ1) is 9.04. The molecule has 2 heterocycles. The molecule has 0 aromatic carbocycles. The molecule has 0 radical (unpaired) electrons. The van der Waals surface area contributed by atoms with Crippen molar-refractivity contribution in [1.82, 2.24) is 15.5 Å². The van der Waals surface area contributed by atoms with Crippen LogP contribution in [-0.4, -0.2) is 43.2 Å². The number of aromatic nitrogens is 2. The molecule has 1 N–H and O–H groups in total. The lowest BCUT2D eigenvalue weighted by molar-refractivity contribution is 0.0903. The summed E-state index contributed by atoms with van der Waals surface area (Å²) < 4.78 is 33.0. The number of nitrogens with one attached hydrogen (secondary N) is 1. The molecule has 2 rings (SSSR count). The third kappa shape index (κ3) is 3.74. The highest BCUT2D eigenvalue weighted by Gasteiger charge is 2.27. The molecule has 1 aromatic rings. The van der Waals surface area contributed by atoms with Crippen LogP contribution >= 0.6 is 0 Å². The van der Waals surface area contributed by atoms with Crippen molar-refractivity contribution in [2.45, 2.75) is 38.5 Å². The van der Waals surface area contributed by atoms with Crippen LogP contribution in [0.2, 0.25) is 0 Å². The number of sulfone groups is 1. The van der Waals surface area contributed by atoms with E-state index in [4.69, 9.17) is 9.26 Å². The molecule has 108 valence electrons. The van der Waals surface area contributed by atoms with Crippen LogP contribution in [0.3, 0.4) is 0 Å². The molecule has 1 aliphatic rings. The maximum absolute atomic E-state index is 11.3. The fourth-order valence-electron chi connectivity index (χ4n) is 2.11. The van der Waals surface area contributed by atoms with Gasteiger partial charge in [-0.15, -0.1) is 0 Å². The fourth-order valence-corrected chi connectivity index (χ4v) is 3.82. The van der Waals surface area contributed by atoms with Crippen molar-refractivity contribution < 1.29 is 17.7 Å². The first-order valence-corrected chi connectivity index (χ1v) is 8.15. The van der Waals surface area contributed by atoms with E-state index in [1.54, 1.807) is 7.11 Å². The first kappa shape index (κ1) is 14.4. The van der Waals surface area contributed by atoms with Crippen LogP contribution in [0.1, 0.15) is 37.6 Å². The van der Waals surface area contributed by atoms with Crippen LogP contribution in [0, 0.1) is 0 Å². The van der Waals surface area contributed by atoms with Crippen molar-refractivity contribution in [1.29, 1.82) is 0 Å². The van der Waals surface area contributed by atoms with Gasteiger partial charge in [-0.25, -0.2) is 8.42 Å². The number of hydrogen-bond acceptors (Lipinski definition) is 7. The Hall–Kier alpha value is -0.990. The summed E-state index contributed by atoms with van der Waals surface area (Å²) in [5.41, 5.74) is 0. The van der Waals surface area contributed by atoms with Gasteiger partial charge in [-0.05, 0) is 12.8 Å². The van der Waals surface area contributed by atoms with Gasteiger partial charge in [0.25, 0.3) is 0 Å². The molecule has 1 fully saturated rings. The van der Waals surface area contributed by atoms with Gasteiger partial charge >= 0.3 is 0 Å². The monoisotopic (exact) mass is 289 g/mol. The quantitative estimate of drug-likeness (QED) is 0.812. The zero-order valence-corrected chi connectivity index (χ0v) is 11.9. The van der Waals surface area contributed by atoms with E-state index >= 15 is 0 Å². The van der Waals surface area contributed by atoms with Gasteiger partial charge in [-0.2, -0.15) is 4.98 Å². The molecular weight excluding hydrogens is 270 g/mol. The number of nitrogens with zero attached hydrogens (tertiary/aromatic N) is 2. The minimum Gasteiger partial charge on any atom is -0.373 e. The molecule has 1 aromatic heterocycles. The Kier molecular flexibility index (Phi) is 4.54. The second kappa shape index (κ2) is 5.98. The summed E-state index contributed by atoms with van der Waals surface area (Å²) >= 11 is 0. The SMILES string of the molecule is CCC(OC)c1noc(CNC2CCS(=O)(=O)C2)n1. The van der Waals surface area contributed by atoms with Crippen molar-refractivity contribution in [3.05, 3.63) is 11.7 Å². The molecule has 0 spiro atoms. The Bertz CT molecular complexity index is 510. The second-order valence-electron chi connectivity index (χ2n) is 4.66. The molecule has 2 unspecified atom stereocenters. The molecule has 8 heteroatoms. The van der Waals surface area contributed by atoms with Gasteiger partial charge in [0.2, 0.25) is 11.7 Å².